The summed E-state index contributed by atoms with van der Waals surface area (Å²) >= 11 is 0. The third kappa shape index (κ3) is 2.75. The lowest BCUT2D eigenvalue weighted by Gasteiger charge is -2.44. The number of aromatic nitrogens is 4. The van der Waals surface area contributed by atoms with Crippen molar-refractivity contribution in [2.45, 2.75) is 44.6 Å². The van der Waals surface area contributed by atoms with Gasteiger partial charge in [0.2, 0.25) is 5.91 Å². The second-order valence-corrected chi connectivity index (χ2v) is 7.53. The highest BCUT2D eigenvalue weighted by Gasteiger charge is 2.51. The summed E-state index contributed by atoms with van der Waals surface area (Å²) in [5.74, 6) is 1.13. The van der Waals surface area contributed by atoms with Crippen LogP contribution in [-0.4, -0.2) is 56.0 Å². The molecule has 0 aromatic carbocycles. The summed E-state index contributed by atoms with van der Waals surface area (Å²) in [5, 5.41) is 12.8. The highest BCUT2D eigenvalue weighted by atomic mass is 16.2. The van der Waals surface area contributed by atoms with Gasteiger partial charge in [0.25, 0.3) is 0 Å². The molecule has 26 heavy (non-hydrogen) atoms. The van der Waals surface area contributed by atoms with Gasteiger partial charge in [-0.25, -0.2) is 0 Å². The molecule has 2 saturated heterocycles. The topological polar surface area (TPSA) is 67.2 Å². The fourth-order valence-electron chi connectivity index (χ4n) is 4.56. The minimum absolute atomic E-state index is 0.0407. The monoisotopic (exact) mass is 354 g/mol. The van der Waals surface area contributed by atoms with Gasteiger partial charge in [-0.1, -0.05) is 0 Å². The second-order valence-electron chi connectivity index (χ2n) is 7.53. The Bertz CT molecular complexity index is 791. The number of amides is 1. The molecule has 138 valence electrons. The highest BCUT2D eigenvalue weighted by Crippen LogP contribution is 2.45. The molecule has 4 rings (SSSR count). The van der Waals surface area contributed by atoms with Crippen molar-refractivity contribution < 1.29 is 4.79 Å². The summed E-state index contributed by atoms with van der Waals surface area (Å²) in [6, 6.07) is 4.04. The number of likely N-dealkylation sites (N-methyl/N-ethyl adjacent to an activating group) is 1. The zero-order chi connectivity index (χ0) is 18.3. The van der Waals surface area contributed by atoms with E-state index in [9.17, 15) is 4.79 Å². The first-order chi connectivity index (χ1) is 12.5. The van der Waals surface area contributed by atoms with Crippen LogP contribution in [0, 0.1) is 6.92 Å². The van der Waals surface area contributed by atoms with E-state index in [4.69, 9.17) is 0 Å². The van der Waals surface area contributed by atoms with Gasteiger partial charge in [-0.3, -0.25) is 9.48 Å². The predicted molar refractivity (Wildman–Crippen MR) is 98.9 cm³/mol. The zero-order valence-electron chi connectivity index (χ0n) is 15.7. The van der Waals surface area contributed by atoms with E-state index in [0.29, 0.717) is 0 Å². The minimum Gasteiger partial charge on any atom is -0.355 e. The van der Waals surface area contributed by atoms with Gasteiger partial charge in [0.15, 0.2) is 5.82 Å². The Morgan fingerprint density at radius 3 is 2.58 bits per heavy atom. The number of carbonyl (C=O) groups excluding carboxylic acids is 1. The first-order valence-corrected chi connectivity index (χ1v) is 9.38. The van der Waals surface area contributed by atoms with Crippen molar-refractivity contribution in [3.05, 3.63) is 35.8 Å². The van der Waals surface area contributed by atoms with Crippen molar-refractivity contribution in [2.75, 3.05) is 24.5 Å². The molecular formula is C19H26N6O. The number of piperidine rings is 1. The SMILES string of the molecule is CCN1C(=O)C(c2cnn(C)c2)CC12CCN(c1ccc(C)nn1)CC2. The average molecular weight is 354 g/mol. The summed E-state index contributed by atoms with van der Waals surface area (Å²) in [6.45, 7) is 6.61. The first-order valence-electron chi connectivity index (χ1n) is 9.38. The molecule has 0 N–H and O–H groups in total. The molecule has 2 aromatic rings. The largest absolute Gasteiger partial charge is 0.355 e. The molecule has 0 bridgehead atoms. The lowest BCUT2D eigenvalue weighted by Crippen LogP contribution is -2.53. The van der Waals surface area contributed by atoms with E-state index in [1.807, 2.05) is 38.5 Å². The molecule has 7 nitrogen and oxygen atoms in total. The van der Waals surface area contributed by atoms with Gasteiger partial charge in [-0.05, 0) is 45.2 Å². The smallest absolute Gasteiger partial charge is 0.230 e. The number of hydrogen-bond donors (Lipinski definition) is 0. The molecule has 7 heteroatoms. The maximum Gasteiger partial charge on any atom is 0.230 e. The molecular weight excluding hydrogens is 328 g/mol. The summed E-state index contributed by atoms with van der Waals surface area (Å²) in [6.07, 6.45) is 6.65. The normalized spacial score (nSPS) is 22.4. The first kappa shape index (κ1) is 17.0. The van der Waals surface area contributed by atoms with Gasteiger partial charge in [-0.2, -0.15) is 10.2 Å². The van der Waals surface area contributed by atoms with Gasteiger partial charge in [0.05, 0.1) is 17.8 Å². The van der Waals surface area contributed by atoms with Crippen molar-refractivity contribution in [3.8, 4) is 0 Å². The maximum atomic E-state index is 13.1. The molecule has 0 aliphatic carbocycles. The van der Waals surface area contributed by atoms with Crippen LogP contribution in [0.2, 0.25) is 0 Å². The quantitative estimate of drug-likeness (QED) is 0.842. The molecule has 1 atom stereocenters. The van der Waals surface area contributed by atoms with E-state index < -0.39 is 0 Å². The average Bonchev–Trinajstić information content (AvgIpc) is 3.18. The molecule has 2 aliphatic heterocycles. The highest BCUT2D eigenvalue weighted by molar-refractivity contribution is 5.87. The lowest BCUT2D eigenvalue weighted by molar-refractivity contribution is -0.132. The van der Waals surface area contributed by atoms with Crippen LogP contribution < -0.4 is 4.90 Å². The van der Waals surface area contributed by atoms with E-state index in [1.54, 1.807) is 4.68 Å². The number of rotatable bonds is 3. The van der Waals surface area contributed by atoms with Crippen molar-refractivity contribution in [1.29, 1.82) is 0 Å². The molecule has 2 fully saturated rings. The van der Waals surface area contributed by atoms with Crippen LogP contribution in [0.25, 0.3) is 0 Å². The van der Waals surface area contributed by atoms with E-state index in [2.05, 4.69) is 32.0 Å². The van der Waals surface area contributed by atoms with Crippen LogP contribution in [0.4, 0.5) is 5.82 Å². The Kier molecular flexibility index (Phi) is 4.17. The zero-order valence-corrected chi connectivity index (χ0v) is 15.7. The number of hydrogen-bond acceptors (Lipinski definition) is 5. The lowest BCUT2D eigenvalue weighted by atomic mass is 9.81. The van der Waals surface area contributed by atoms with Gasteiger partial charge in [0, 0.05) is 44.0 Å². The van der Waals surface area contributed by atoms with Crippen LogP contribution in [0.3, 0.4) is 0 Å². The summed E-state index contributed by atoms with van der Waals surface area (Å²) in [4.78, 5) is 17.5. The Labute approximate surface area is 154 Å². The van der Waals surface area contributed by atoms with E-state index in [1.165, 1.54) is 0 Å². The third-order valence-electron chi connectivity index (χ3n) is 5.97. The second kappa shape index (κ2) is 6.37. The van der Waals surface area contributed by atoms with Crippen LogP contribution >= 0.6 is 0 Å². The molecule has 1 amide bonds. The van der Waals surface area contributed by atoms with Crippen molar-refractivity contribution in [2.24, 2.45) is 7.05 Å². The number of aryl methyl sites for hydroxylation is 2. The molecule has 2 aromatic heterocycles. The summed E-state index contributed by atoms with van der Waals surface area (Å²) in [5.41, 5.74) is 1.93. The van der Waals surface area contributed by atoms with Crippen LogP contribution in [0.15, 0.2) is 24.5 Å². The molecule has 1 spiro atoms. The van der Waals surface area contributed by atoms with E-state index in [0.717, 1.165) is 56.0 Å². The van der Waals surface area contributed by atoms with Crippen molar-refractivity contribution >= 4 is 11.7 Å². The number of anilines is 1. The third-order valence-corrected chi connectivity index (χ3v) is 5.97. The Morgan fingerprint density at radius 1 is 1.23 bits per heavy atom. The summed E-state index contributed by atoms with van der Waals surface area (Å²) < 4.78 is 1.78. The fraction of sp³-hybridized carbons (Fsp3) is 0.579. The van der Waals surface area contributed by atoms with Crippen LogP contribution in [0.1, 0.15) is 43.4 Å². The number of nitrogens with zero attached hydrogens (tertiary/aromatic N) is 6. The van der Waals surface area contributed by atoms with Gasteiger partial charge >= 0.3 is 0 Å². The van der Waals surface area contributed by atoms with Gasteiger partial charge in [0.1, 0.15) is 0 Å². The Morgan fingerprint density at radius 2 is 2.00 bits per heavy atom. The standard InChI is InChI=1S/C19H26N6O/c1-4-25-18(26)16(15-12-20-23(3)13-15)11-19(25)7-9-24(10-8-19)17-6-5-14(2)21-22-17/h5-6,12-13,16H,4,7-11H2,1-3H3. The van der Waals surface area contributed by atoms with Crippen molar-refractivity contribution in [3.63, 3.8) is 0 Å². The van der Waals surface area contributed by atoms with Gasteiger partial charge < -0.3 is 9.80 Å². The summed E-state index contributed by atoms with van der Waals surface area (Å²) in [7, 11) is 1.90. The Balaban J connectivity index is 1.53. The predicted octanol–water partition coefficient (Wildman–Crippen LogP) is 1.89. The fourth-order valence-corrected chi connectivity index (χ4v) is 4.56. The van der Waals surface area contributed by atoms with E-state index >= 15 is 0 Å². The molecule has 0 saturated carbocycles. The maximum absolute atomic E-state index is 13.1. The Hall–Kier alpha value is -2.44. The minimum atomic E-state index is -0.0608. The van der Waals surface area contributed by atoms with Crippen molar-refractivity contribution in [1.82, 2.24) is 24.9 Å². The number of likely N-dealkylation sites (tertiary alicyclic amines) is 1. The molecule has 2 aliphatic rings. The molecule has 4 heterocycles. The van der Waals surface area contributed by atoms with Gasteiger partial charge in [-0.15, -0.1) is 5.10 Å². The molecule has 1 unspecified atom stereocenters. The van der Waals surface area contributed by atoms with Crippen LogP contribution in [0.5, 0.6) is 0 Å². The van der Waals surface area contributed by atoms with E-state index in [-0.39, 0.29) is 17.4 Å². The molecule has 0 radical (unpaired) electrons. The van der Waals surface area contributed by atoms with Crippen LogP contribution in [-0.2, 0) is 11.8 Å². The number of carbonyl (C=O) groups is 1.